The van der Waals surface area contributed by atoms with Gasteiger partial charge in [-0.15, -0.1) is 0 Å². The maximum atomic E-state index is 11.4. The fraction of sp³-hybridized carbons (Fsp3) is 0.909. The molecule has 0 fully saturated rings. The molecule has 0 aliphatic heterocycles. The van der Waals surface area contributed by atoms with Gasteiger partial charge in [0.15, 0.2) is 0 Å². The molecule has 0 bridgehead atoms. The summed E-state index contributed by atoms with van der Waals surface area (Å²) in [5, 5.41) is 6.11. The lowest BCUT2D eigenvalue weighted by atomic mass is 10.2. The third-order valence-corrected chi connectivity index (χ3v) is 2.87. The van der Waals surface area contributed by atoms with Gasteiger partial charge in [-0.25, -0.2) is 0 Å². The molecule has 0 saturated carbocycles. The zero-order chi connectivity index (χ0) is 11.5. The monoisotopic (exact) mass is 232 g/mol. The third-order valence-electron chi connectivity index (χ3n) is 2.17. The second kappa shape index (κ2) is 10.3. The first kappa shape index (κ1) is 14.8. The molecule has 1 atom stereocenters. The Hall–Kier alpha value is -0.220. The van der Waals surface area contributed by atoms with Crippen LogP contribution in [-0.4, -0.2) is 37.0 Å². The largest absolute Gasteiger partial charge is 0.355 e. The van der Waals surface area contributed by atoms with Gasteiger partial charge in [-0.05, 0) is 44.7 Å². The van der Waals surface area contributed by atoms with Crippen LogP contribution in [0.2, 0.25) is 0 Å². The number of nitrogens with one attached hydrogen (secondary N) is 2. The molecule has 0 heterocycles. The lowest BCUT2D eigenvalue weighted by molar-refractivity contribution is -0.122. The van der Waals surface area contributed by atoms with Gasteiger partial charge in [-0.2, -0.15) is 11.8 Å². The average Bonchev–Trinajstić information content (AvgIpc) is 2.25. The predicted octanol–water partition coefficient (Wildman–Crippen LogP) is 1.63. The second-order valence-electron chi connectivity index (χ2n) is 3.67. The van der Waals surface area contributed by atoms with Crippen LogP contribution >= 0.6 is 11.8 Å². The van der Waals surface area contributed by atoms with Crippen molar-refractivity contribution in [3.8, 4) is 0 Å². The van der Waals surface area contributed by atoms with Gasteiger partial charge in [0.05, 0.1) is 6.04 Å². The van der Waals surface area contributed by atoms with E-state index in [1.54, 1.807) is 0 Å². The number of unbranched alkanes of at least 4 members (excludes halogenated alkanes) is 1. The van der Waals surface area contributed by atoms with Crippen molar-refractivity contribution in [2.24, 2.45) is 0 Å². The van der Waals surface area contributed by atoms with Crippen molar-refractivity contribution >= 4 is 17.7 Å². The van der Waals surface area contributed by atoms with E-state index >= 15 is 0 Å². The number of hydrogen-bond donors (Lipinski definition) is 2. The Kier molecular flexibility index (Phi) is 10.2. The minimum Gasteiger partial charge on any atom is -0.355 e. The Bertz CT molecular complexity index is 165. The first-order chi connectivity index (χ1) is 7.22. The van der Waals surface area contributed by atoms with Gasteiger partial charge in [0.25, 0.3) is 0 Å². The van der Waals surface area contributed by atoms with E-state index in [0.717, 1.165) is 25.9 Å². The minimum atomic E-state index is -0.0640. The summed E-state index contributed by atoms with van der Waals surface area (Å²) in [6.45, 7) is 5.68. The maximum absolute atomic E-state index is 11.4. The van der Waals surface area contributed by atoms with Crippen LogP contribution in [0.3, 0.4) is 0 Å². The van der Waals surface area contributed by atoms with Crippen molar-refractivity contribution in [2.45, 2.75) is 39.2 Å². The molecule has 15 heavy (non-hydrogen) atoms. The quantitative estimate of drug-likeness (QED) is 0.594. The highest BCUT2D eigenvalue weighted by Gasteiger charge is 2.09. The van der Waals surface area contributed by atoms with Crippen LogP contribution in [0.1, 0.15) is 33.1 Å². The molecule has 0 aromatic rings. The molecule has 3 nitrogen and oxygen atoms in total. The number of thioether (sulfide) groups is 1. The summed E-state index contributed by atoms with van der Waals surface area (Å²) in [6.07, 6.45) is 5.48. The van der Waals surface area contributed by atoms with Crippen LogP contribution in [0.15, 0.2) is 0 Å². The summed E-state index contributed by atoms with van der Waals surface area (Å²) < 4.78 is 0. The predicted molar refractivity (Wildman–Crippen MR) is 68.4 cm³/mol. The molecule has 2 N–H and O–H groups in total. The van der Waals surface area contributed by atoms with E-state index in [4.69, 9.17) is 0 Å². The molecular weight excluding hydrogens is 208 g/mol. The van der Waals surface area contributed by atoms with E-state index in [1.807, 2.05) is 18.7 Å². The number of hydrogen-bond acceptors (Lipinski definition) is 3. The number of amides is 1. The molecule has 1 unspecified atom stereocenters. The summed E-state index contributed by atoms with van der Waals surface area (Å²) in [5.74, 6) is 1.32. The van der Waals surface area contributed by atoms with Crippen LogP contribution in [-0.2, 0) is 4.79 Å². The maximum Gasteiger partial charge on any atom is 0.236 e. The van der Waals surface area contributed by atoms with Crippen molar-refractivity contribution in [3.05, 3.63) is 0 Å². The fourth-order valence-corrected chi connectivity index (χ4v) is 1.68. The Balaban J connectivity index is 3.38. The molecular formula is C11H24N2OS. The number of rotatable bonds is 9. The second-order valence-corrected chi connectivity index (χ2v) is 4.65. The van der Waals surface area contributed by atoms with Crippen molar-refractivity contribution in [1.82, 2.24) is 10.6 Å². The van der Waals surface area contributed by atoms with E-state index in [9.17, 15) is 4.79 Å². The van der Waals surface area contributed by atoms with Crippen molar-refractivity contribution in [3.63, 3.8) is 0 Å². The lowest BCUT2D eigenvalue weighted by Gasteiger charge is -2.13. The SMILES string of the molecule is CCCNC(=O)C(C)NCCCCSC. The number of carbonyl (C=O) groups excluding carboxylic acids is 1. The Morgan fingerprint density at radius 1 is 1.33 bits per heavy atom. The van der Waals surface area contributed by atoms with Crippen LogP contribution in [0.4, 0.5) is 0 Å². The Morgan fingerprint density at radius 3 is 2.67 bits per heavy atom. The summed E-state index contributed by atoms with van der Waals surface area (Å²) >= 11 is 1.87. The van der Waals surface area contributed by atoms with E-state index in [0.29, 0.717) is 0 Å². The van der Waals surface area contributed by atoms with E-state index in [2.05, 4.69) is 23.8 Å². The summed E-state index contributed by atoms with van der Waals surface area (Å²) in [4.78, 5) is 11.4. The van der Waals surface area contributed by atoms with Gasteiger partial charge in [0.2, 0.25) is 5.91 Å². The molecule has 0 aliphatic carbocycles. The van der Waals surface area contributed by atoms with Gasteiger partial charge in [-0.3, -0.25) is 4.79 Å². The molecule has 90 valence electrons. The Labute approximate surface area is 97.8 Å². The normalized spacial score (nSPS) is 12.5. The third kappa shape index (κ3) is 8.75. The molecule has 0 aromatic heterocycles. The van der Waals surface area contributed by atoms with Crippen LogP contribution in [0.25, 0.3) is 0 Å². The highest BCUT2D eigenvalue weighted by atomic mass is 32.2. The standard InChI is InChI=1S/C11H24N2OS/c1-4-7-13-11(14)10(2)12-8-5-6-9-15-3/h10,12H,4-9H2,1-3H3,(H,13,14). The smallest absolute Gasteiger partial charge is 0.236 e. The molecule has 0 saturated heterocycles. The highest BCUT2D eigenvalue weighted by Crippen LogP contribution is 1.98. The van der Waals surface area contributed by atoms with Crippen molar-refractivity contribution in [2.75, 3.05) is 25.1 Å². The molecule has 0 aromatic carbocycles. The summed E-state index contributed by atoms with van der Waals surface area (Å²) in [7, 11) is 0. The first-order valence-corrected chi connectivity index (χ1v) is 7.11. The van der Waals surface area contributed by atoms with Gasteiger partial charge in [0.1, 0.15) is 0 Å². The zero-order valence-electron chi connectivity index (χ0n) is 10.1. The van der Waals surface area contributed by atoms with Crippen LogP contribution < -0.4 is 10.6 Å². The topological polar surface area (TPSA) is 41.1 Å². The molecule has 1 amide bonds. The number of carbonyl (C=O) groups is 1. The van der Waals surface area contributed by atoms with Gasteiger partial charge >= 0.3 is 0 Å². The van der Waals surface area contributed by atoms with E-state index in [-0.39, 0.29) is 11.9 Å². The van der Waals surface area contributed by atoms with Crippen LogP contribution in [0.5, 0.6) is 0 Å². The molecule has 0 rings (SSSR count). The molecule has 0 radical (unpaired) electrons. The molecule has 0 aliphatic rings. The van der Waals surface area contributed by atoms with Crippen LogP contribution in [0, 0.1) is 0 Å². The summed E-state index contributed by atoms with van der Waals surface area (Å²) in [5.41, 5.74) is 0. The zero-order valence-corrected chi connectivity index (χ0v) is 11.0. The molecule has 4 heteroatoms. The van der Waals surface area contributed by atoms with E-state index < -0.39 is 0 Å². The van der Waals surface area contributed by atoms with Gasteiger partial charge in [0, 0.05) is 6.54 Å². The Morgan fingerprint density at radius 2 is 2.07 bits per heavy atom. The van der Waals surface area contributed by atoms with Crippen molar-refractivity contribution in [1.29, 1.82) is 0 Å². The van der Waals surface area contributed by atoms with E-state index in [1.165, 1.54) is 12.2 Å². The lowest BCUT2D eigenvalue weighted by Crippen LogP contribution is -2.42. The van der Waals surface area contributed by atoms with Gasteiger partial charge < -0.3 is 10.6 Å². The summed E-state index contributed by atoms with van der Waals surface area (Å²) in [6, 6.07) is -0.0640. The minimum absolute atomic E-state index is 0.0640. The van der Waals surface area contributed by atoms with Gasteiger partial charge in [-0.1, -0.05) is 6.92 Å². The molecule has 0 spiro atoms. The first-order valence-electron chi connectivity index (χ1n) is 5.72. The van der Waals surface area contributed by atoms with Crippen molar-refractivity contribution < 1.29 is 4.79 Å². The highest BCUT2D eigenvalue weighted by molar-refractivity contribution is 7.98. The average molecular weight is 232 g/mol. The fourth-order valence-electron chi connectivity index (χ4n) is 1.18.